The van der Waals surface area contributed by atoms with Crippen LogP contribution in [0.3, 0.4) is 0 Å². The second kappa shape index (κ2) is 5.56. The molecule has 0 saturated heterocycles. The van der Waals surface area contributed by atoms with E-state index in [-0.39, 0.29) is 5.75 Å². The van der Waals surface area contributed by atoms with E-state index in [0.29, 0.717) is 5.56 Å². The van der Waals surface area contributed by atoms with Gasteiger partial charge < -0.3 is 4.79 Å². The molecule has 0 atom stereocenters. The van der Waals surface area contributed by atoms with Gasteiger partial charge in [0.15, 0.2) is 0 Å². The van der Waals surface area contributed by atoms with Crippen LogP contribution in [0.4, 0.5) is 0 Å². The Balaban J connectivity index is 0.000000686. The molecule has 17 heavy (non-hydrogen) atoms. The van der Waals surface area contributed by atoms with Crippen molar-refractivity contribution in [3.05, 3.63) is 48.0 Å². The Morgan fingerprint density at radius 2 is 1.59 bits per heavy atom. The van der Waals surface area contributed by atoms with Gasteiger partial charge in [-0.25, -0.2) is 0 Å². The fourth-order valence-electron chi connectivity index (χ4n) is 1.61. The van der Waals surface area contributed by atoms with Crippen molar-refractivity contribution in [3.63, 3.8) is 0 Å². The van der Waals surface area contributed by atoms with E-state index in [1.165, 1.54) is 0 Å². The van der Waals surface area contributed by atoms with E-state index >= 15 is 0 Å². The predicted molar refractivity (Wildman–Crippen MR) is 66.3 cm³/mol. The van der Waals surface area contributed by atoms with Crippen LogP contribution in [0.1, 0.15) is 5.56 Å². The maximum absolute atomic E-state index is 10.8. The zero-order valence-corrected chi connectivity index (χ0v) is 9.85. The lowest BCUT2D eigenvalue weighted by Crippen LogP contribution is -2.01. The molecule has 2 rings (SSSR count). The van der Waals surface area contributed by atoms with E-state index in [2.05, 4.69) is 0 Å². The summed E-state index contributed by atoms with van der Waals surface area (Å²) in [6, 6.07) is 12.9. The van der Waals surface area contributed by atoms with Gasteiger partial charge in [-0.05, 0) is 16.3 Å². The van der Waals surface area contributed by atoms with Crippen LogP contribution in [0.25, 0.3) is 10.8 Å². The van der Waals surface area contributed by atoms with Crippen LogP contribution in [-0.4, -0.2) is 19.8 Å². The molecule has 0 spiro atoms. The van der Waals surface area contributed by atoms with E-state index in [9.17, 15) is 8.42 Å². The van der Waals surface area contributed by atoms with Crippen LogP contribution in [0.15, 0.2) is 42.5 Å². The molecular weight excluding hydrogens is 240 g/mol. The molecule has 0 aliphatic carbocycles. The third-order valence-electron chi connectivity index (χ3n) is 2.22. The van der Waals surface area contributed by atoms with Gasteiger partial charge in [0.1, 0.15) is 12.5 Å². The largest absolute Gasteiger partial charge is 0.307 e. The summed E-state index contributed by atoms with van der Waals surface area (Å²) in [4.78, 5) is 8.00. The number of hydrogen-bond acceptors (Lipinski definition) is 3. The highest BCUT2D eigenvalue weighted by atomic mass is 32.2. The van der Waals surface area contributed by atoms with Gasteiger partial charge in [-0.1, -0.05) is 42.5 Å². The molecule has 4 nitrogen and oxygen atoms in total. The summed E-state index contributed by atoms with van der Waals surface area (Å²) in [5.41, 5.74) is 0.621. The normalized spacial score (nSPS) is 10.6. The van der Waals surface area contributed by atoms with Gasteiger partial charge in [0.25, 0.3) is 10.1 Å². The molecule has 0 amide bonds. The van der Waals surface area contributed by atoms with Gasteiger partial charge in [0, 0.05) is 0 Å². The van der Waals surface area contributed by atoms with E-state index in [0.717, 1.165) is 10.8 Å². The fourth-order valence-corrected chi connectivity index (χ4v) is 2.26. The molecule has 0 bridgehead atoms. The van der Waals surface area contributed by atoms with Crippen LogP contribution in [0.5, 0.6) is 0 Å². The van der Waals surface area contributed by atoms with Crippen molar-refractivity contribution in [2.75, 3.05) is 0 Å². The maximum Gasteiger partial charge on any atom is 0.269 e. The molecule has 0 aromatic heterocycles. The number of carbonyl (C=O) groups is 1. The number of benzene rings is 2. The maximum atomic E-state index is 10.8. The second-order valence-corrected chi connectivity index (χ2v) is 4.82. The van der Waals surface area contributed by atoms with Crippen molar-refractivity contribution in [1.29, 1.82) is 0 Å². The third-order valence-corrected chi connectivity index (χ3v) is 2.89. The lowest BCUT2D eigenvalue weighted by atomic mass is 10.1. The summed E-state index contributed by atoms with van der Waals surface area (Å²) < 4.78 is 30.4. The Kier molecular flexibility index (Phi) is 4.37. The molecule has 0 aliphatic heterocycles. The lowest BCUT2D eigenvalue weighted by Gasteiger charge is -2.03. The molecule has 2 aromatic rings. The quantitative estimate of drug-likeness (QED) is 0.830. The fraction of sp³-hybridized carbons (Fsp3) is 0.0833. The van der Waals surface area contributed by atoms with E-state index in [1.54, 1.807) is 12.1 Å². The third kappa shape index (κ3) is 3.65. The Hall–Kier alpha value is -1.72. The summed E-state index contributed by atoms with van der Waals surface area (Å²) in [6.45, 7) is 2.00. The summed E-state index contributed by atoms with van der Waals surface area (Å²) in [5.74, 6) is -0.339. The first-order valence-corrected chi connectivity index (χ1v) is 6.38. The monoisotopic (exact) mass is 252 g/mol. The average molecular weight is 252 g/mol. The van der Waals surface area contributed by atoms with Crippen LogP contribution < -0.4 is 0 Å². The number of hydrogen-bond donors (Lipinski definition) is 1. The van der Waals surface area contributed by atoms with Crippen LogP contribution in [0.2, 0.25) is 0 Å². The van der Waals surface area contributed by atoms with Crippen molar-refractivity contribution in [1.82, 2.24) is 0 Å². The van der Waals surface area contributed by atoms with Crippen LogP contribution in [0, 0.1) is 0 Å². The average Bonchev–Trinajstić information content (AvgIpc) is 2.30. The highest BCUT2D eigenvalue weighted by Gasteiger charge is 2.08. The molecule has 0 unspecified atom stereocenters. The Morgan fingerprint density at radius 3 is 2.24 bits per heavy atom. The van der Waals surface area contributed by atoms with E-state index < -0.39 is 10.1 Å². The van der Waals surface area contributed by atoms with Gasteiger partial charge in [0.2, 0.25) is 0 Å². The molecule has 0 heterocycles. The van der Waals surface area contributed by atoms with Gasteiger partial charge >= 0.3 is 0 Å². The van der Waals surface area contributed by atoms with Crippen molar-refractivity contribution in [2.45, 2.75) is 5.75 Å². The number of carbonyl (C=O) groups excluding carboxylic acids is 1. The SMILES string of the molecule is C=O.O=S(=O)(O)Cc1cccc2ccccc12. The van der Waals surface area contributed by atoms with Crippen LogP contribution >= 0.6 is 0 Å². The number of fused-ring (bicyclic) bond motifs is 1. The topological polar surface area (TPSA) is 71.4 Å². The molecule has 0 radical (unpaired) electrons. The Labute approximate surface area is 99.6 Å². The highest BCUT2D eigenvalue weighted by Crippen LogP contribution is 2.19. The Bertz CT molecular complexity index is 599. The summed E-state index contributed by atoms with van der Waals surface area (Å²) >= 11 is 0. The van der Waals surface area contributed by atoms with Gasteiger partial charge in [0.05, 0.1) is 0 Å². The minimum absolute atomic E-state index is 0.339. The first-order chi connectivity index (χ1) is 8.06. The van der Waals surface area contributed by atoms with E-state index in [4.69, 9.17) is 9.35 Å². The number of rotatable bonds is 2. The lowest BCUT2D eigenvalue weighted by molar-refractivity contribution is -0.0979. The minimum atomic E-state index is -3.97. The van der Waals surface area contributed by atoms with Gasteiger partial charge in [-0.3, -0.25) is 4.55 Å². The van der Waals surface area contributed by atoms with Crippen molar-refractivity contribution >= 4 is 27.7 Å². The molecular formula is C12H12O4S. The van der Waals surface area contributed by atoms with Gasteiger partial charge in [-0.15, -0.1) is 0 Å². The molecule has 90 valence electrons. The summed E-state index contributed by atoms with van der Waals surface area (Å²) in [5, 5.41) is 1.83. The smallest absolute Gasteiger partial charge is 0.269 e. The summed E-state index contributed by atoms with van der Waals surface area (Å²) in [6.07, 6.45) is 0. The zero-order chi connectivity index (χ0) is 12.9. The molecule has 1 N–H and O–H groups in total. The molecule has 5 heteroatoms. The predicted octanol–water partition coefficient (Wildman–Crippen LogP) is 2.04. The van der Waals surface area contributed by atoms with Crippen LogP contribution in [-0.2, 0) is 20.7 Å². The minimum Gasteiger partial charge on any atom is -0.307 e. The zero-order valence-electron chi connectivity index (χ0n) is 9.04. The first kappa shape index (κ1) is 13.3. The second-order valence-electron chi connectivity index (χ2n) is 3.36. The molecule has 0 aliphatic rings. The molecule has 2 aromatic carbocycles. The molecule has 0 saturated carbocycles. The molecule has 0 fully saturated rings. The Morgan fingerprint density at radius 1 is 1.00 bits per heavy atom. The highest BCUT2D eigenvalue weighted by molar-refractivity contribution is 7.85. The standard InChI is InChI=1S/C11H10O3S.CH2O/c12-15(13,14)8-10-6-3-5-9-4-1-2-7-11(9)10;1-2/h1-7H,8H2,(H,12,13,14);1H2. The van der Waals surface area contributed by atoms with Crippen molar-refractivity contribution in [2.24, 2.45) is 0 Å². The van der Waals surface area contributed by atoms with Gasteiger partial charge in [-0.2, -0.15) is 8.42 Å². The summed E-state index contributed by atoms with van der Waals surface area (Å²) in [7, 11) is -3.97. The first-order valence-electron chi connectivity index (χ1n) is 4.77. The van der Waals surface area contributed by atoms with E-state index in [1.807, 2.05) is 37.1 Å². The van der Waals surface area contributed by atoms with Crippen molar-refractivity contribution in [3.8, 4) is 0 Å². The van der Waals surface area contributed by atoms with Crippen molar-refractivity contribution < 1.29 is 17.8 Å².